The zero-order chi connectivity index (χ0) is 17.8. The first-order valence-electron chi connectivity index (χ1n) is 9.43. The lowest BCUT2D eigenvalue weighted by molar-refractivity contribution is -0.0945. The van der Waals surface area contributed by atoms with Gasteiger partial charge < -0.3 is 9.80 Å². The molecule has 2 bridgehead atoms. The van der Waals surface area contributed by atoms with Crippen molar-refractivity contribution in [3.63, 3.8) is 0 Å². The summed E-state index contributed by atoms with van der Waals surface area (Å²) in [4.78, 5) is 7.38. The summed E-state index contributed by atoms with van der Waals surface area (Å²) in [6.07, 6.45) is 1.30. The van der Waals surface area contributed by atoms with Crippen LogP contribution in [0.4, 0.5) is 11.4 Å². The predicted octanol–water partition coefficient (Wildman–Crippen LogP) is 1.98. The minimum atomic E-state index is -2.83. The zero-order valence-electron chi connectivity index (χ0n) is 15.5. The van der Waals surface area contributed by atoms with Crippen molar-refractivity contribution >= 4 is 21.2 Å². The average Bonchev–Trinajstić information content (AvgIpc) is 2.57. The molecular formula is C19H29N3O2S. The van der Waals surface area contributed by atoms with Gasteiger partial charge >= 0.3 is 0 Å². The van der Waals surface area contributed by atoms with Gasteiger partial charge in [-0.2, -0.15) is 0 Å². The standard InChI is InChI=1S/C19H29N3O2S/c1-4-22-18-13-19(22,3)15(2)21(14-18)17-7-5-16(6-8-17)20-9-11-25(23,24)12-10-20/h5-8,15,18H,4,9-14H2,1-3H3. The third kappa shape index (κ3) is 2.74. The van der Waals surface area contributed by atoms with Crippen LogP contribution in [0, 0.1) is 0 Å². The number of sulfone groups is 1. The van der Waals surface area contributed by atoms with Crippen LogP contribution in [0.15, 0.2) is 24.3 Å². The molecule has 0 aliphatic carbocycles. The molecule has 0 amide bonds. The molecule has 0 spiro atoms. The monoisotopic (exact) mass is 363 g/mol. The smallest absolute Gasteiger partial charge is 0.153 e. The van der Waals surface area contributed by atoms with Crippen molar-refractivity contribution in [2.45, 2.75) is 44.8 Å². The molecule has 4 heterocycles. The van der Waals surface area contributed by atoms with Gasteiger partial charge in [0.25, 0.3) is 0 Å². The number of nitrogens with zero attached hydrogens (tertiary/aromatic N) is 3. The minimum absolute atomic E-state index is 0.269. The Kier molecular flexibility index (Phi) is 4.03. The number of likely N-dealkylation sites (N-methyl/N-ethyl adjacent to an activating group) is 1. The Bertz CT molecular complexity index is 734. The first-order chi connectivity index (χ1) is 11.8. The fourth-order valence-electron chi connectivity index (χ4n) is 5.08. The van der Waals surface area contributed by atoms with E-state index in [-0.39, 0.29) is 17.0 Å². The molecule has 5 rings (SSSR count). The lowest BCUT2D eigenvalue weighted by atomic mass is 9.70. The molecule has 1 aromatic carbocycles. The van der Waals surface area contributed by atoms with Crippen LogP contribution in [0.3, 0.4) is 0 Å². The molecule has 25 heavy (non-hydrogen) atoms. The van der Waals surface area contributed by atoms with E-state index in [0.29, 0.717) is 25.2 Å². The maximum atomic E-state index is 11.6. The number of hydrogen-bond donors (Lipinski definition) is 0. The van der Waals surface area contributed by atoms with Crippen molar-refractivity contribution in [1.82, 2.24) is 4.90 Å². The molecule has 3 unspecified atom stereocenters. The Morgan fingerprint density at radius 3 is 2.32 bits per heavy atom. The Labute approximate surface area is 151 Å². The van der Waals surface area contributed by atoms with Gasteiger partial charge in [-0.3, -0.25) is 4.90 Å². The predicted molar refractivity (Wildman–Crippen MR) is 103 cm³/mol. The molecule has 0 aromatic heterocycles. The number of hydrogen-bond acceptors (Lipinski definition) is 5. The van der Waals surface area contributed by atoms with E-state index in [1.807, 2.05) is 0 Å². The van der Waals surface area contributed by atoms with Gasteiger partial charge in [0.15, 0.2) is 9.84 Å². The Morgan fingerprint density at radius 1 is 1.12 bits per heavy atom. The zero-order valence-corrected chi connectivity index (χ0v) is 16.3. The summed E-state index contributed by atoms with van der Waals surface area (Å²) in [7, 11) is -2.83. The van der Waals surface area contributed by atoms with Gasteiger partial charge in [-0.05, 0) is 51.1 Å². The van der Waals surface area contributed by atoms with Gasteiger partial charge in [-0.15, -0.1) is 0 Å². The van der Waals surface area contributed by atoms with E-state index in [2.05, 4.69) is 59.7 Å². The molecule has 0 N–H and O–H groups in total. The minimum Gasteiger partial charge on any atom is -0.369 e. The van der Waals surface area contributed by atoms with Gasteiger partial charge in [0.2, 0.25) is 0 Å². The van der Waals surface area contributed by atoms with Gasteiger partial charge in [0.05, 0.1) is 11.5 Å². The van der Waals surface area contributed by atoms with Crippen molar-refractivity contribution in [1.29, 1.82) is 0 Å². The summed E-state index contributed by atoms with van der Waals surface area (Å²) in [5, 5.41) is 0. The number of anilines is 2. The molecule has 0 radical (unpaired) electrons. The van der Waals surface area contributed by atoms with E-state index in [1.165, 1.54) is 12.1 Å². The highest BCUT2D eigenvalue weighted by molar-refractivity contribution is 7.91. The SMILES string of the molecule is CCN1C2CN(c3ccc(N4CCS(=O)(=O)CC4)cc3)C(C)C1(C)C2. The number of piperazine rings is 1. The van der Waals surface area contributed by atoms with Crippen molar-refractivity contribution in [3.05, 3.63) is 24.3 Å². The van der Waals surface area contributed by atoms with Gasteiger partial charge in [0.1, 0.15) is 0 Å². The largest absolute Gasteiger partial charge is 0.369 e. The van der Waals surface area contributed by atoms with Crippen LogP contribution in [0.2, 0.25) is 0 Å². The number of benzene rings is 1. The Hall–Kier alpha value is -1.27. The third-order valence-electron chi connectivity index (χ3n) is 6.75. The summed E-state index contributed by atoms with van der Waals surface area (Å²) in [5.41, 5.74) is 2.71. The van der Waals surface area contributed by atoms with Crippen molar-refractivity contribution in [3.8, 4) is 0 Å². The van der Waals surface area contributed by atoms with E-state index in [4.69, 9.17) is 0 Å². The molecule has 6 heteroatoms. The summed E-state index contributed by atoms with van der Waals surface area (Å²) < 4.78 is 23.2. The fourth-order valence-corrected chi connectivity index (χ4v) is 6.28. The lowest BCUT2D eigenvalue weighted by Crippen LogP contribution is -2.79. The van der Waals surface area contributed by atoms with Gasteiger partial charge in [-0.25, -0.2) is 8.42 Å². The van der Waals surface area contributed by atoms with Gasteiger partial charge in [-0.1, -0.05) is 6.92 Å². The van der Waals surface area contributed by atoms with E-state index in [9.17, 15) is 8.42 Å². The van der Waals surface area contributed by atoms with E-state index in [0.717, 1.165) is 18.8 Å². The second-order valence-electron chi connectivity index (χ2n) is 7.98. The molecule has 4 aliphatic heterocycles. The topological polar surface area (TPSA) is 43.9 Å². The van der Waals surface area contributed by atoms with Crippen LogP contribution in [0.25, 0.3) is 0 Å². The number of fused-ring (bicyclic) bond motifs is 2. The second-order valence-corrected chi connectivity index (χ2v) is 10.3. The second kappa shape index (κ2) is 5.88. The molecule has 4 fully saturated rings. The van der Waals surface area contributed by atoms with E-state index in [1.54, 1.807) is 0 Å². The Morgan fingerprint density at radius 2 is 1.72 bits per heavy atom. The molecule has 5 nitrogen and oxygen atoms in total. The molecule has 4 aliphatic rings. The first kappa shape index (κ1) is 17.2. The molecular weight excluding hydrogens is 334 g/mol. The van der Waals surface area contributed by atoms with Crippen LogP contribution in [0.5, 0.6) is 0 Å². The van der Waals surface area contributed by atoms with Crippen LogP contribution in [-0.2, 0) is 9.84 Å². The quantitative estimate of drug-likeness (QED) is 0.822. The van der Waals surface area contributed by atoms with E-state index < -0.39 is 9.84 Å². The normalized spacial score (nSPS) is 34.7. The summed E-state index contributed by atoms with van der Waals surface area (Å²) in [6, 6.07) is 9.90. The highest BCUT2D eigenvalue weighted by atomic mass is 32.2. The maximum absolute atomic E-state index is 11.6. The Balaban J connectivity index is 1.48. The highest BCUT2D eigenvalue weighted by Crippen LogP contribution is 2.46. The summed E-state index contributed by atoms with van der Waals surface area (Å²) >= 11 is 0. The lowest BCUT2D eigenvalue weighted by Gasteiger charge is -2.67. The molecule has 3 atom stereocenters. The van der Waals surface area contributed by atoms with E-state index >= 15 is 0 Å². The summed E-state index contributed by atoms with van der Waals surface area (Å²) in [5.74, 6) is 0.537. The molecule has 1 aromatic rings. The summed E-state index contributed by atoms with van der Waals surface area (Å²) in [6.45, 7) is 10.5. The number of rotatable bonds is 3. The highest BCUT2D eigenvalue weighted by Gasteiger charge is 2.56. The van der Waals surface area contributed by atoms with Crippen molar-refractivity contribution in [2.75, 3.05) is 47.5 Å². The van der Waals surface area contributed by atoms with Crippen LogP contribution < -0.4 is 9.80 Å². The van der Waals surface area contributed by atoms with Crippen LogP contribution in [0.1, 0.15) is 27.2 Å². The van der Waals surface area contributed by atoms with Crippen LogP contribution in [-0.4, -0.2) is 68.6 Å². The average molecular weight is 364 g/mol. The molecule has 4 saturated heterocycles. The first-order valence-corrected chi connectivity index (χ1v) is 11.2. The van der Waals surface area contributed by atoms with Crippen molar-refractivity contribution < 1.29 is 8.42 Å². The van der Waals surface area contributed by atoms with Crippen LogP contribution >= 0.6 is 0 Å². The number of piperidine rings is 1. The third-order valence-corrected chi connectivity index (χ3v) is 8.36. The fraction of sp³-hybridized carbons (Fsp3) is 0.684. The van der Waals surface area contributed by atoms with Crippen molar-refractivity contribution in [2.24, 2.45) is 0 Å². The molecule has 138 valence electrons. The molecule has 0 saturated carbocycles. The van der Waals surface area contributed by atoms with Gasteiger partial charge in [0, 0.05) is 48.6 Å². The maximum Gasteiger partial charge on any atom is 0.153 e.